The fraction of sp³-hybridized carbons (Fsp3) is 0.600. The molecule has 1 saturated heterocycles. The number of amides is 1. The quantitative estimate of drug-likeness (QED) is 0.709. The Bertz CT molecular complexity index is 398. The van der Waals surface area contributed by atoms with Gasteiger partial charge in [0.1, 0.15) is 5.82 Å². The summed E-state index contributed by atoms with van der Waals surface area (Å²) in [4.78, 5) is 11.7. The van der Waals surface area contributed by atoms with E-state index in [4.69, 9.17) is 15.2 Å². The molecule has 7 heteroatoms. The molecule has 1 aromatic heterocycles. The molecule has 0 aromatic carbocycles. The summed E-state index contributed by atoms with van der Waals surface area (Å²) in [6.45, 7) is 1.64. The van der Waals surface area contributed by atoms with Gasteiger partial charge in [0.2, 0.25) is 0 Å². The first-order chi connectivity index (χ1) is 8.18. The third-order valence-corrected chi connectivity index (χ3v) is 2.63. The zero-order valence-electron chi connectivity index (χ0n) is 9.68. The van der Waals surface area contributed by atoms with Crippen molar-refractivity contribution in [1.29, 1.82) is 0 Å². The molecule has 1 aliphatic rings. The smallest absolute Gasteiger partial charge is 0.251 e. The maximum Gasteiger partial charge on any atom is 0.251 e. The third kappa shape index (κ3) is 2.75. The fourth-order valence-corrected chi connectivity index (χ4v) is 1.56. The molecule has 1 unspecified atom stereocenters. The average molecular weight is 240 g/mol. The lowest BCUT2D eigenvalue weighted by Crippen LogP contribution is -2.42. The van der Waals surface area contributed by atoms with Crippen molar-refractivity contribution in [2.24, 2.45) is 7.05 Å². The van der Waals surface area contributed by atoms with E-state index in [0.717, 1.165) is 5.56 Å². The molecule has 1 fully saturated rings. The molecule has 0 saturated carbocycles. The topological polar surface area (TPSA) is 91.4 Å². The lowest BCUT2D eigenvalue weighted by molar-refractivity contribution is -0.147. The normalized spacial score (nSPS) is 20.2. The van der Waals surface area contributed by atoms with Crippen molar-refractivity contribution >= 4 is 11.7 Å². The van der Waals surface area contributed by atoms with Gasteiger partial charge in [-0.3, -0.25) is 9.48 Å². The second-order valence-corrected chi connectivity index (χ2v) is 3.83. The van der Waals surface area contributed by atoms with Gasteiger partial charge in [0.15, 0.2) is 6.10 Å². The number of ether oxygens (including phenoxy) is 2. The lowest BCUT2D eigenvalue weighted by atomic mass is 10.3. The van der Waals surface area contributed by atoms with Gasteiger partial charge in [-0.2, -0.15) is 5.10 Å². The largest absolute Gasteiger partial charge is 0.384 e. The van der Waals surface area contributed by atoms with Crippen LogP contribution in [0.1, 0.15) is 5.56 Å². The minimum absolute atomic E-state index is 0.187. The van der Waals surface area contributed by atoms with Gasteiger partial charge in [-0.05, 0) is 0 Å². The molecule has 7 nitrogen and oxygen atoms in total. The van der Waals surface area contributed by atoms with E-state index >= 15 is 0 Å². The molecule has 0 radical (unpaired) electrons. The highest BCUT2D eigenvalue weighted by molar-refractivity contribution is 5.81. The minimum Gasteiger partial charge on any atom is -0.384 e. The summed E-state index contributed by atoms with van der Waals surface area (Å²) in [5.41, 5.74) is 6.55. The Labute approximate surface area is 98.9 Å². The van der Waals surface area contributed by atoms with Crippen molar-refractivity contribution in [3.63, 3.8) is 0 Å². The van der Waals surface area contributed by atoms with Crippen LogP contribution in [0, 0.1) is 0 Å². The van der Waals surface area contributed by atoms with E-state index in [1.54, 1.807) is 17.9 Å². The number of hydrogen-bond donors (Lipinski definition) is 2. The highest BCUT2D eigenvalue weighted by atomic mass is 16.6. The number of aromatic nitrogens is 2. The molecular weight excluding hydrogens is 224 g/mol. The number of aryl methyl sites for hydroxylation is 1. The maximum absolute atomic E-state index is 11.7. The van der Waals surface area contributed by atoms with Crippen molar-refractivity contribution in [2.45, 2.75) is 12.6 Å². The Kier molecular flexibility index (Phi) is 3.60. The third-order valence-electron chi connectivity index (χ3n) is 2.63. The van der Waals surface area contributed by atoms with Crippen molar-refractivity contribution in [3.8, 4) is 0 Å². The second kappa shape index (κ2) is 5.15. The molecule has 17 heavy (non-hydrogen) atoms. The van der Waals surface area contributed by atoms with Crippen molar-refractivity contribution in [1.82, 2.24) is 15.1 Å². The molecule has 2 rings (SSSR count). The summed E-state index contributed by atoms with van der Waals surface area (Å²) in [7, 11) is 1.75. The highest BCUT2D eigenvalue weighted by Gasteiger charge is 2.22. The monoisotopic (exact) mass is 240 g/mol. The van der Waals surface area contributed by atoms with Gasteiger partial charge in [-0.25, -0.2) is 0 Å². The number of rotatable bonds is 3. The number of nitrogens with zero attached hydrogens (tertiary/aromatic N) is 2. The lowest BCUT2D eigenvalue weighted by Gasteiger charge is -2.21. The van der Waals surface area contributed by atoms with Crippen molar-refractivity contribution < 1.29 is 14.3 Å². The van der Waals surface area contributed by atoms with Crippen LogP contribution >= 0.6 is 0 Å². The minimum atomic E-state index is -0.526. The molecule has 1 aliphatic heterocycles. The van der Waals surface area contributed by atoms with Crippen LogP contribution in [0.3, 0.4) is 0 Å². The summed E-state index contributed by atoms with van der Waals surface area (Å²) in [5.74, 6) is 0.360. The van der Waals surface area contributed by atoms with Gasteiger partial charge in [-0.1, -0.05) is 0 Å². The van der Waals surface area contributed by atoms with E-state index in [0.29, 0.717) is 32.2 Å². The van der Waals surface area contributed by atoms with Crippen LogP contribution in [0.4, 0.5) is 5.82 Å². The van der Waals surface area contributed by atoms with Crippen molar-refractivity contribution in [3.05, 3.63) is 11.8 Å². The Morgan fingerprint density at radius 3 is 3.12 bits per heavy atom. The fourth-order valence-electron chi connectivity index (χ4n) is 1.56. The van der Waals surface area contributed by atoms with E-state index in [1.807, 2.05) is 0 Å². The first-order valence-corrected chi connectivity index (χ1v) is 5.42. The SMILES string of the molecule is Cn1ncc(CNC(=O)C2COCCO2)c1N. The van der Waals surface area contributed by atoms with E-state index < -0.39 is 6.10 Å². The zero-order valence-corrected chi connectivity index (χ0v) is 9.68. The predicted octanol–water partition coefficient (Wildman–Crippen LogP) is -0.966. The van der Waals surface area contributed by atoms with Gasteiger partial charge in [0.05, 0.1) is 26.0 Å². The molecule has 94 valence electrons. The number of nitrogen functional groups attached to an aromatic ring is 1. The first kappa shape index (κ1) is 11.9. The van der Waals surface area contributed by atoms with Gasteiger partial charge < -0.3 is 20.5 Å². The molecule has 3 N–H and O–H groups in total. The molecule has 0 spiro atoms. The maximum atomic E-state index is 11.7. The van der Waals surface area contributed by atoms with Crippen LogP contribution < -0.4 is 11.1 Å². The van der Waals surface area contributed by atoms with Crippen LogP contribution in [0.15, 0.2) is 6.20 Å². The Balaban J connectivity index is 1.85. The number of carbonyl (C=O) groups is 1. The summed E-state index contributed by atoms with van der Waals surface area (Å²) < 4.78 is 12.0. The number of carbonyl (C=O) groups excluding carboxylic acids is 1. The highest BCUT2D eigenvalue weighted by Crippen LogP contribution is 2.09. The molecule has 1 aromatic rings. The van der Waals surface area contributed by atoms with Crippen LogP contribution in [0.2, 0.25) is 0 Å². The number of nitrogens with one attached hydrogen (secondary N) is 1. The Morgan fingerprint density at radius 2 is 2.53 bits per heavy atom. The van der Waals surface area contributed by atoms with E-state index in [9.17, 15) is 4.79 Å². The summed E-state index contributed by atoms with van der Waals surface area (Å²) in [5, 5.41) is 6.74. The number of nitrogens with two attached hydrogens (primary N) is 1. The Morgan fingerprint density at radius 1 is 1.71 bits per heavy atom. The van der Waals surface area contributed by atoms with Crippen LogP contribution in [0.25, 0.3) is 0 Å². The van der Waals surface area contributed by atoms with Gasteiger partial charge in [0.25, 0.3) is 5.91 Å². The zero-order chi connectivity index (χ0) is 12.3. The van der Waals surface area contributed by atoms with E-state index in [2.05, 4.69) is 10.4 Å². The summed E-state index contributed by atoms with van der Waals surface area (Å²) >= 11 is 0. The molecule has 1 atom stereocenters. The molecule has 2 heterocycles. The number of anilines is 1. The van der Waals surface area contributed by atoms with E-state index in [-0.39, 0.29) is 5.91 Å². The number of hydrogen-bond acceptors (Lipinski definition) is 5. The summed E-state index contributed by atoms with van der Waals surface area (Å²) in [6, 6.07) is 0. The molecule has 0 aliphatic carbocycles. The van der Waals surface area contributed by atoms with Gasteiger partial charge >= 0.3 is 0 Å². The van der Waals surface area contributed by atoms with Crippen molar-refractivity contribution in [2.75, 3.05) is 25.6 Å². The first-order valence-electron chi connectivity index (χ1n) is 5.42. The molecule has 0 bridgehead atoms. The van der Waals surface area contributed by atoms with Gasteiger partial charge in [-0.15, -0.1) is 0 Å². The summed E-state index contributed by atoms with van der Waals surface area (Å²) in [6.07, 6.45) is 1.11. The van der Waals surface area contributed by atoms with Crippen LogP contribution in [-0.4, -0.2) is 41.6 Å². The predicted molar refractivity (Wildman–Crippen MR) is 60.0 cm³/mol. The Hall–Kier alpha value is -1.60. The molecule has 1 amide bonds. The van der Waals surface area contributed by atoms with Gasteiger partial charge in [0, 0.05) is 19.2 Å². The standard InChI is InChI=1S/C10H16N4O3/c1-14-9(11)7(5-13-14)4-12-10(15)8-6-16-2-3-17-8/h5,8H,2-4,6,11H2,1H3,(H,12,15). The van der Waals surface area contributed by atoms with E-state index in [1.165, 1.54) is 0 Å². The molecular formula is C10H16N4O3. The van der Waals surface area contributed by atoms with Crippen LogP contribution in [0.5, 0.6) is 0 Å². The van der Waals surface area contributed by atoms with Crippen LogP contribution in [-0.2, 0) is 27.9 Å². The second-order valence-electron chi connectivity index (χ2n) is 3.83. The average Bonchev–Trinajstić information content (AvgIpc) is 2.68.